The van der Waals surface area contributed by atoms with Gasteiger partial charge in [-0.15, -0.1) is 17.5 Å². The maximum Gasteiger partial charge on any atom is 0.356 e. The van der Waals surface area contributed by atoms with E-state index < -0.39 is 5.97 Å². The molecule has 6 rings (SSSR count). The number of rotatable bonds is 6. The molecule has 0 saturated carbocycles. The summed E-state index contributed by atoms with van der Waals surface area (Å²) < 4.78 is 6.82. The normalized spacial score (nSPS) is 18.5. The van der Waals surface area contributed by atoms with Gasteiger partial charge < -0.3 is 25.1 Å². The Morgan fingerprint density at radius 1 is 1.08 bits per heavy atom. The number of nitrogens with zero attached hydrogens (tertiary/aromatic N) is 10. The maximum atomic E-state index is 11.2. The van der Waals surface area contributed by atoms with E-state index in [0.717, 1.165) is 58.7 Å². The zero-order valence-electron chi connectivity index (χ0n) is 20.5. The van der Waals surface area contributed by atoms with Crippen molar-refractivity contribution in [1.82, 2.24) is 39.4 Å². The predicted octanol–water partition coefficient (Wildman–Crippen LogP) is 1.31. The van der Waals surface area contributed by atoms with E-state index >= 15 is 0 Å². The molecule has 15 heteroatoms. The van der Waals surface area contributed by atoms with Crippen LogP contribution in [0, 0.1) is 5.92 Å². The molecule has 38 heavy (non-hydrogen) atoms. The Hall–Kier alpha value is -4.04. The summed E-state index contributed by atoms with van der Waals surface area (Å²) in [6.07, 6.45) is 6.64. The fourth-order valence-electron chi connectivity index (χ4n) is 4.98. The Balaban J connectivity index is 0.00000294. The average molecular weight is 542 g/mol. The first-order valence-corrected chi connectivity index (χ1v) is 12.3. The molecule has 4 aromatic rings. The van der Waals surface area contributed by atoms with Crippen molar-refractivity contribution >= 4 is 41.9 Å². The molecule has 4 aromatic heterocycles. The maximum absolute atomic E-state index is 11.2. The van der Waals surface area contributed by atoms with Crippen LogP contribution in [0.2, 0.25) is 0 Å². The molecule has 2 aliphatic heterocycles. The lowest BCUT2D eigenvalue weighted by Gasteiger charge is -2.39. The van der Waals surface area contributed by atoms with E-state index in [0.29, 0.717) is 35.0 Å². The van der Waals surface area contributed by atoms with Crippen LogP contribution < -0.4 is 15.5 Å². The van der Waals surface area contributed by atoms with Crippen LogP contribution in [0.5, 0.6) is 0 Å². The number of anilines is 3. The van der Waals surface area contributed by atoms with Gasteiger partial charge in [-0.1, -0.05) is 0 Å². The van der Waals surface area contributed by atoms with Crippen molar-refractivity contribution in [2.45, 2.75) is 12.8 Å². The van der Waals surface area contributed by atoms with Crippen molar-refractivity contribution in [3.05, 3.63) is 36.5 Å². The SMILES string of the molecule is Cl.Nc1nc(N2CCC[C@@H](CN3CCN(c4cncc(C(=O)O)n4)CC3)C2)nc2nc(-c3ccco3)nn12. The number of hydrogen-bond acceptors (Lipinski definition) is 12. The van der Waals surface area contributed by atoms with Crippen molar-refractivity contribution in [3.63, 3.8) is 0 Å². The summed E-state index contributed by atoms with van der Waals surface area (Å²) in [5.74, 6) is 2.16. The Morgan fingerprint density at radius 2 is 1.92 bits per heavy atom. The van der Waals surface area contributed by atoms with Crippen LogP contribution >= 0.6 is 12.4 Å². The topological polar surface area (TPSA) is 168 Å². The van der Waals surface area contributed by atoms with E-state index in [2.05, 4.69) is 44.7 Å². The monoisotopic (exact) mass is 541 g/mol. The minimum Gasteiger partial charge on any atom is -0.476 e. The van der Waals surface area contributed by atoms with Gasteiger partial charge in [-0.05, 0) is 30.9 Å². The van der Waals surface area contributed by atoms with Gasteiger partial charge in [-0.3, -0.25) is 9.88 Å². The highest BCUT2D eigenvalue weighted by Crippen LogP contribution is 2.24. The van der Waals surface area contributed by atoms with E-state index in [1.165, 1.54) is 10.7 Å². The van der Waals surface area contributed by atoms with Crippen molar-refractivity contribution in [2.24, 2.45) is 5.92 Å². The minimum atomic E-state index is -1.07. The zero-order valence-corrected chi connectivity index (χ0v) is 21.4. The van der Waals surface area contributed by atoms with Gasteiger partial charge in [0.2, 0.25) is 17.7 Å². The van der Waals surface area contributed by atoms with Gasteiger partial charge >= 0.3 is 5.97 Å². The number of piperazine rings is 1. The van der Waals surface area contributed by atoms with E-state index in [1.54, 1.807) is 24.6 Å². The molecule has 0 aromatic carbocycles. The fraction of sp³-hybridized carbons (Fsp3) is 0.435. The molecule has 0 spiro atoms. The summed E-state index contributed by atoms with van der Waals surface area (Å²) in [6, 6.07) is 3.56. The number of halogens is 1. The molecule has 0 radical (unpaired) electrons. The molecule has 0 unspecified atom stereocenters. The molecule has 0 aliphatic carbocycles. The molecule has 0 amide bonds. The van der Waals surface area contributed by atoms with E-state index in [-0.39, 0.29) is 24.0 Å². The number of aromatic carboxylic acids is 1. The second kappa shape index (κ2) is 10.8. The van der Waals surface area contributed by atoms with Crippen LogP contribution in [0.4, 0.5) is 17.7 Å². The number of furan rings is 1. The first-order valence-electron chi connectivity index (χ1n) is 12.3. The fourth-order valence-corrected chi connectivity index (χ4v) is 4.98. The Morgan fingerprint density at radius 3 is 2.68 bits per heavy atom. The van der Waals surface area contributed by atoms with Crippen LogP contribution in [0.1, 0.15) is 23.3 Å². The third kappa shape index (κ3) is 5.17. The second-order valence-corrected chi connectivity index (χ2v) is 9.32. The number of carbonyl (C=O) groups is 1. The third-order valence-corrected chi connectivity index (χ3v) is 6.82. The van der Waals surface area contributed by atoms with E-state index in [1.807, 2.05) is 0 Å². The molecule has 0 bridgehead atoms. The van der Waals surface area contributed by atoms with Crippen molar-refractivity contribution in [1.29, 1.82) is 0 Å². The van der Waals surface area contributed by atoms with Gasteiger partial charge in [0.1, 0.15) is 5.82 Å². The molecule has 1 atom stereocenters. The zero-order chi connectivity index (χ0) is 25.4. The quantitative estimate of drug-likeness (QED) is 0.358. The Kier molecular flexibility index (Phi) is 7.24. The van der Waals surface area contributed by atoms with Crippen molar-refractivity contribution in [3.8, 4) is 11.6 Å². The summed E-state index contributed by atoms with van der Waals surface area (Å²) in [5.41, 5.74) is 6.16. The number of carboxylic acids is 1. The molecule has 2 fully saturated rings. The van der Waals surface area contributed by atoms with Gasteiger partial charge in [0.25, 0.3) is 5.78 Å². The number of fused-ring (bicyclic) bond motifs is 1. The molecule has 2 aliphatic rings. The predicted molar refractivity (Wildman–Crippen MR) is 141 cm³/mol. The molecule has 14 nitrogen and oxygen atoms in total. The van der Waals surface area contributed by atoms with E-state index in [9.17, 15) is 9.90 Å². The van der Waals surface area contributed by atoms with Crippen LogP contribution in [-0.4, -0.2) is 96.3 Å². The summed E-state index contributed by atoms with van der Waals surface area (Å²) in [7, 11) is 0. The minimum absolute atomic E-state index is 0. The average Bonchev–Trinajstić information content (AvgIpc) is 3.60. The van der Waals surface area contributed by atoms with Gasteiger partial charge in [0.15, 0.2) is 11.5 Å². The molecular weight excluding hydrogens is 514 g/mol. The Bertz CT molecular complexity index is 1410. The lowest BCUT2D eigenvalue weighted by molar-refractivity contribution is 0.0690. The van der Waals surface area contributed by atoms with Crippen LogP contribution in [-0.2, 0) is 0 Å². The summed E-state index contributed by atoms with van der Waals surface area (Å²) in [5, 5.41) is 13.6. The van der Waals surface area contributed by atoms with Crippen LogP contribution in [0.25, 0.3) is 17.4 Å². The second-order valence-electron chi connectivity index (χ2n) is 9.32. The lowest BCUT2D eigenvalue weighted by atomic mass is 9.97. The number of aromatic nitrogens is 7. The van der Waals surface area contributed by atoms with Crippen molar-refractivity contribution in [2.75, 3.05) is 61.3 Å². The standard InChI is InChI=1S/C23H27N11O3.ClH/c24-21-28-22(29-23-27-19(30-34(21)23)17-4-2-10-37-17)33-5-1-3-15(14-33)13-31-6-8-32(9-7-31)18-12-25-11-16(26-18)20(35)36;/h2,4,10-12,15H,1,3,5-9,13-14H2,(H,35,36)(H2,24,27,28,29,30);1H/t15-;/m0./s1. The largest absolute Gasteiger partial charge is 0.476 e. The van der Waals surface area contributed by atoms with Gasteiger partial charge in [-0.25, -0.2) is 9.78 Å². The molecule has 2 saturated heterocycles. The number of nitrogens with two attached hydrogens (primary N) is 1. The van der Waals surface area contributed by atoms with Gasteiger partial charge in [0.05, 0.1) is 18.7 Å². The first kappa shape index (κ1) is 25.6. The van der Waals surface area contributed by atoms with E-state index in [4.69, 9.17) is 10.2 Å². The molecule has 6 heterocycles. The molecule has 3 N–H and O–H groups in total. The summed E-state index contributed by atoms with van der Waals surface area (Å²) in [6.45, 7) is 5.96. The highest BCUT2D eigenvalue weighted by molar-refractivity contribution is 5.85. The summed E-state index contributed by atoms with van der Waals surface area (Å²) >= 11 is 0. The number of carboxylic acid groups (broad SMARTS) is 1. The van der Waals surface area contributed by atoms with Crippen LogP contribution in [0.3, 0.4) is 0 Å². The molecule has 200 valence electrons. The first-order chi connectivity index (χ1) is 18.0. The molecular formula is C23H28ClN11O3. The number of nitrogen functional groups attached to an aromatic ring is 1. The Labute approximate surface area is 223 Å². The third-order valence-electron chi connectivity index (χ3n) is 6.82. The number of piperidine rings is 1. The highest BCUT2D eigenvalue weighted by atomic mass is 35.5. The van der Waals surface area contributed by atoms with Gasteiger partial charge in [-0.2, -0.15) is 19.5 Å². The van der Waals surface area contributed by atoms with Crippen LogP contribution in [0.15, 0.2) is 35.2 Å². The smallest absolute Gasteiger partial charge is 0.356 e. The summed E-state index contributed by atoms with van der Waals surface area (Å²) in [4.78, 5) is 39.8. The highest BCUT2D eigenvalue weighted by Gasteiger charge is 2.27. The van der Waals surface area contributed by atoms with Gasteiger partial charge in [0, 0.05) is 45.8 Å². The number of hydrogen-bond donors (Lipinski definition) is 2. The van der Waals surface area contributed by atoms with Crippen molar-refractivity contribution < 1.29 is 14.3 Å². The lowest BCUT2D eigenvalue weighted by Crippen LogP contribution is -2.50.